The second kappa shape index (κ2) is 6.36. The number of alkyl halides is 1. The van der Waals surface area contributed by atoms with Crippen molar-refractivity contribution < 1.29 is 26.8 Å². The lowest BCUT2D eigenvalue weighted by molar-refractivity contribution is 0.189. The van der Waals surface area contributed by atoms with Crippen molar-refractivity contribution in [2.45, 2.75) is 19.8 Å². The summed E-state index contributed by atoms with van der Waals surface area (Å²) in [6.07, 6.45) is 0. The maximum absolute atomic E-state index is 14.1. The summed E-state index contributed by atoms with van der Waals surface area (Å²) in [6.45, 7) is 2.94. The molecule has 18 heavy (non-hydrogen) atoms. The fraction of sp³-hybridized carbons (Fsp3) is 0.455. The summed E-state index contributed by atoms with van der Waals surface area (Å²) < 4.78 is 61.8. The molecule has 0 aliphatic carbocycles. The van der Waals surface area contributed by atoms with Gasteiger partial charge < -0.3 is 9.05 Å². The molecule has 1 atom stereocenters. The maximum Gasteiger partial charge on any atom is 0.369 e. The van der Waals surface area contributed by atoms with Crippen LogP contribution in [0.1, 0.15) is 25.3 Å². The van der Waals surface area contributed by atoms with Crippen LogP contribution in [0.15, 0.2) is 18.2 Å². The average molecular weight is 282 g/mol. The minimum Gasteiger partial charge on any atom is -0.307 e. The van der Waals surface area contributed by atoms with Crippen LogP contribution in [-0.4, -0.2) is 13.2 Å². The van der Waals surface area contributed by atoms with E-state index in [1.807, 2.05) is 0 Å². The Bertz CT molecular complexity index is 443. The van der Waals surface area contributed by atoms with E-state index in [0.717, 1.165) is 12.1 Å². The Hall–Kier alpha value is -0.840. The van der Waals surface area contributed by atoms with Gasteiger partial charge in [-0.05, 0) is 26.0 Å². The van der Waals surface area contributed by atoms with Gasteiger partial charge in [0, 0.05) is 11.6 Å². The molecule has 7 heteroatoms. The molecule has 0 heterocycles. The summed E-state index contributed by atoms with van der Waals surface area (Å²) in [5.41, 5.74) is -0.540. The number of hydrogen-bond donors (Lipinski definition) is 0. The molecule has 0 radical (unpaired) electrons. The van der Waals surface area contributed by atoms with Crippen LogP contribution in [0.25, 0.3) is 0 Å². The van der Waals surface area contributed by atoms with Crippen molar-refractivity contribution in [3.63, 3.8) is 0 Å². The van der Waals surface area contributed by atoms with Crippen molar-refractivity contribution in [2.24, 2.45) is 0 Å². The van der Waals surface area contributed by atoms with Gasteiger partial charge in [0.2, 0.25) is 5.91 Å². The van der Waals surface area contributed by atoms with E-state index in [1.54, 1.807) is 0 Å². The topological polar surface area (TPSA) is 35.5 Å². The van der Waals surface area contributed by atoms with E-state index in [9.17, 15) is 17.7 Å². The van der Waals surface area contributed by atoms with Gasteiger partial charge in [-0.1, -0.05) is 0 Å². The van der Waals surface area contributed by atoms with Gasteiger partial charge >= 0.3 is 7.60 Å². The van der Waals surface area contributed by atoms with Gasteiger partial charge in [-0.3, -0.25) is 4.57 Å². The first kappa shape index (κ1) is 15.2. The molecule has 1 aromatic carbocycles. The fourth-order valence-electron chi connectivity index (χ4n) is 1.39. The predicted molar refractivity (Wildman–Crippen MR) is 61.1 cm³/mol. The molecule has 0 aliphatic heterocycles. The van der Waals surface area contributed by atoms with Gasteiger partial charge in [-0.15, -0.1) is 0 Å². The summed E-state index contributed by atoms with van der Waals surface area (Å²) in [6, 6.07) is 2.29. The number of hydrogen-bond acceptors (Lipinski definition) is 3. The average Bonchev–Trinajstić information content (AvgIpc) is 2.29. The van der Waals surface area contributed by atoms with E-state index in [0.29, 0.717) is 6.07 Å². The van der Waals surface area contributed by atoms with Crippen LogP contribution in [0.5, 0.6) is 0 Å². The van der Waals surface area contributed by atoms with Crippen molar-refractivity contribution in [1.29, 1.82) is 0 Å². The smallest absolute Gasteiger partial charge is 0.307 e. The summed E-state index contributed by atoms with van der Waals surface area (Å²) in [5, 5.41) is 0. The van der Waals surface area contributed by atoms with Crippen LogP contribution < -0.4 is 0 Å². The van der Waals surface area contributed by atoms with E-state index in [4.69, 9.17) is 9.05 Å². The lowest BCUT2D eigenvalue weighted by atomic mass is 10.2. The Morgan fingerprint density at radius 3 is 2.22 bits per heavy atom. The van der Waals surface area contributed by atoms with Gasteiger partial charge in [-0.25, -0.2) is 13.2 Å². The predicted octanol–water partition coefficient (Wildman–Crippen LogP) is 4.20. The van der Waals surface area contributed by atoms with E-state index >= 15 is 0 Å². The molecular weight excluding hydrogens is 268 g/mol. The number of rotatable bonds is 6. The molecule has 0 N–H and O–H groups in total. The number of benzene rings is 1. The zero-order valence-electron chi connectivity index (χ0n) is 10.0. The molecule has 1 rings (SSSR count). The third-order valence-electron chi connectivity index (χ3n) is 2.11. The monoisotopic (exact) mass is 282 g/mol. The fourth-order valence-corrected chi connectivity index (χ4v) is 3.00. The van der Waals surface area contributed by atoms with E-state index in [2.05, 4.69) is 0 Å². The summed E-state index contributed by atoms with van der Waals surface area (Å²) in [4.78, 5) is 0. The molecule has 0 aliphatic rings. The third-order valence-corrected chi connectivity index (χ3v) is 4.18. The van der Waals surface area contributed by atoms with Crippen LogP contribution in [0.3, 0.4) is 0 Å². The minimum atomic E-state index is -4.10. The molecule has 1 aromatic rings. The Balaban J connectivity index is 3.09. The maximum atomic E-state index is 14.1. The molecule has 0 saturated heterocycles. The zero-order chi connectivity index (χ0) is 13.8. The Morgan fingerprint density at radius 2 is 1.78 bits per heavy atom. The van der Waals surface area contributed by atoms with Gasteiger partial charge in [0.15, 0.2) is 0 Å². The SMILES string of the molecule is CCOP(=O)(OCC)[C@@H](F)c1ccc(F)cc1F. The van der Waals surface area contributed by atoms with Crippen LogP contribution in [0, 0.1) is 11.6 Å². The van der Waals surface area contributed by atoms with Crippen LogP contribution in [0.4, 0.5) is 13.2 Å². The molecule has 0 fully saturated rings. The highest BCUT2D eigenvalue weighted by Gasteiger charge is 2.38. The second-order valence-corrected chi connectivity index (χ2v) is 5.43. The minimum absolute atomic E-state index is 0.0412. The highest BCUT2D eigenvalue weighted by molar-refractivity contribution is 7.54. The molecule has 0 aromatic heterocycles. The van der Waals surface area contributed by atoms with Crippen LogP contribution in [0.2, 0.25) is 0 Å². The van der Waals surface area contributed by atoms with Crippen molar-refractivity contribution in [3.8, 4) is 0 Å². The largest absolute Gasteiger partial charge is 0.369 e. The van der Waals surface area contributed by atoms with Gasteiger partial charge in [0.1, 0.15) is 11.6 Å². The quantitative estimate of drug-likeness (QED) is 0.733. The molecule has 0 spiro atoms. The van der Waals surface area contributed by atoms with Crippen LogP contribution in [-0.2, 0) is 13.6 Å². The van der Waals surface area contributed by atoms with Crippen molar-refractivity contribution >= 4 is 7.60 Å². The second-order valence-electron chi connectivity index (χ2n) is 3.38. The van der Waals surface area contributed by atoms with Gasteiger partial charge in [-0.2, -0.15) is 0 Å². The number of halogens is 3. The lowest BCUT2D eigenvalue weighted by Crippen LogP contribution is -2.05. The van der Waals surface area contributed by atoms with E-state index in [-0.39, 0.29) is 13.2 Å². The Morgan fingerprint density at radius 1 is 1.22 bits per heavy atom. The van der Waals surface area contributed by atoms with Crippen molar-refractivity contribution in [1.82, 2.24) is 0 Å². The summed E-state index contributed by atoms with van der Waals surface area (Å²) >= 11 is 0. The molecule has 0 amide bonds. The molecular formula is C11H14F3O3P. The highest BCUT2D eigenvalue weighted by atomic mass is 31.2. The molecule has 0 unspecified atom stereocenters. The first-order chi connectivity index (χ1) is 8.44. The zero-order valence-corrected chi connectivity index (χ0v) is 10.9. The Kier molecular flexibility index (Phi) is 5.38. The Labute approximate surface area is 103 Å². The molecule has 0 bridgehead atoms. The molecule has 102 valence electrons. The van der Waals surface area contributed by atoms with Crippen molar-refractivity contribution in [2.75, 3.05) is 13.2 Å². The summed E-state index contributed by atoms with van der Waals surface area (Å²) in [7, 11) is -4.10. The third kappa shape index (κ3) is 3.34. The first-order valence-electron chi connectivity index (χ1n) is 5.42. The van der Waals surface area contributed by atoms with E-state index in [1.165, 1.54) is 13.8 Å². The van der Waals surface area contributed by atoms with Crippen LogP contribution >= 0.6 is 7.60 Å². The van der Waals surface area contributed by atoms with Crippen molar-refractivity contribution in [3.05, 3.63) is 35.4 Å². The first-order valence-corrected chi connectivity index (χ1v) is 7.03. The summed E-state index contributed by atoms with van der Waals surface area (Å²) in [5.74, 6) is -4.24. The lowest BCUT2D eigenvalue weighted by Gasteiger charge is -2.21. The highest BCUT2D eigenvalue weighted by Crippen LogP contribution is 2.61. The standard InChI is InChI=1S/C11H14F3O3P/c1-3-16-18(15,17-4-2)11(14)9-6-5-8(12)7-10(9)13/h5-7,11H,3-4H2,1-2H3/t11-/m1/s1. The van der Waals surface area contributed by atoms with Gasteiger partial charge in [0.25, 0.3) is 0 Å². The normalized spacial score (nSPS) is 13.6. The molecule has 3 nitrogen and oxygen atoms in total. The molecule has 0 saturated carbocycles. The van der Waals surface area contributed by atoms with Gasteiger partial charge in [0.05, 0.1) is 13.2 Å². The van der Waals surface area contributed by atoms with E-state index < -0.39 is 30.7 Å².